The van der Waals surface area contributed by atoms with E-state index in [0.29, 0.717) is 18.1 Å². The highest BCUT2D eigenvalue weighted by Crippen LogP contribution is 2.37. The van der Waals surface area contributed by atoms with E-state index < -0.39 is 0 Å². The van der Waals surface area contributed by atoms with Gasteiger partial charge < -0.3 is 14.6 Å². The summed E-state index contributed by atoms with van der Waals surface area (Å²) >= 11 is 0. The van der Waals surface area contributed by atoms with Gasteiger partial charge in [-0.3, -0.25) is 4.79 Å². The van der Waals surface area contributed by atoms with Gasteiger partial charge in [0, 0.05) is 17.0 Å². The van der Waals surface area contributed by atoms with Crippen LogP contribution in [0.1, 0.15) is 35.9 Å². The molecule has 1 N–H and O–H groups in total. The number of nitrogens with one attached hydrogen (secondary N) is 1. The standard InChI is InChI=1S/C20H20N2O3/c1-13-11-15(22-25-13)12-19(23)21-18-7-4-10-24-20-16-6-3-2-5-14(16)8-9-17(18)20/h2-3,5-6,8-9,11,18H,4,7,10,12H2,1H3,(H,21,23)/t18-/m1/s1. The van der Waals surface area contributed by atoms with Gasteiger partial charge in [-0.2, -0.15) is 0 Å². The van der Waals surface area contributed by atoms with Gasteiger partial charge in [-0.25, -0.2) is 0 Å². The topological polar surface area (TPSA) is 64.4 Å². The van der Waals surface area contributed by atoms with E-state index in [1.165, 1.54) is 0 Å². The van der Waals surface area contributed by atoms with Crippen LogP contribution in [0, 0.1) is 6.92 Å². The third-order valence-electron chi connectivity index (χ3n) is 4.52. The van der Waals surface area contributed by atoms with E-state index in [1.807, 2.05) is 19.1 Å². The highest BCUT2D eigenvalue weighted by Gasteiger charge is 2.23. The van der Waals surface area contributed by atoms with Crippen LogP contribution in [0.3, 0.4) is 0 Å². The smallest absolute Gasteiger partial charge is 0.226 e. The Hall–Kier alpha value is -2.82. The van der Waals surface area contributed by atoms with Gasteiger partial charge in [0.05, 0.1) is 24.8 Å². The number of fused-ring (bicyclic) bond motifs is 3. The molecule has 1 aliphatic heterocycles. The third kappa shape index (κ3) is 3.22. The maximum atomic E-state index is 12.4. The Morgan fingerprint density at radius 2 is 2.16 bits per heavy atom. The quantitative estimate of drug-likeness (QED) is 0.792. The first kappa shape index (κ1) is 15.7. The Kier molecular flexibility index (Phi) is 4.14. The van der Waals surface area contributed by atoms with Crippen molar-refractivity contribution in [3.05, 3.63) is 59.5 Å². The van der Waals surface area contributed by atoms with Crippen LogP contribution in [0.15, 0.2) is 47.0 Å². The first-order chi connectivity index (χ1) is 12.2. The molecule has 0 spiro atoms. The largest absolute Gasteiger partial charge is 0.493 e. The van der Waals surface area contributed by atoms with Crippen LogP contribution in [0.2, 0.25) is 0 Å². The molecule has 0 radical (unpaired) electrons. The Balaban J connectivity index is 1.60. The van der Waals surface area contributed by atoms with Gasteiger partial charge >= 0.3 is 0 Å². The number of amides is 1. The Bertz CT molecular complexity index is 916. The summed E-state index contributed by atoms with van der Waals surface area (Å²) < 4.78 is 11.0. The summed E-state index contributed by atoms with van der Waals surface area (Å²) in [5.74, 6) is 1.54. The molecule has 0 bridgehead atoms. The number of rotatable bonds is 3. The lowest BCUT2D eigenvalue weighted by Crippen LogP contribution is -2.29. The van der Waals surface area contributed by atoms with Crippen molar-refractivity contribution >= 4 is 16.7 Å². The SMILES string of the molecule is Cc1cc(CC(=O)N[C@@H]2CCCOc3c2ccc2ccccc32)no1. The van der Waals surface area contributed by atoms with E-state index in [-0.39, 0.29) is 18.4 Å². The number of hydrogen-bond acceptors (Lipinski definition) is 4. The second-order valence-electron chi connectivity index (χ2n) is 6.42. The lowest BCUT2D eigenvalue weighted by molar-refractivity contribution is -0.121. The van der Waals surface area contributed by atoms with Crippen molar-refractivity contribution < 1.29 is 14.1 Å². The van der Waals surface area contributed by atoms with Gasteiger partial charge in [-0.1, -0.05) is 41.6 Å². The maximum absolute atomic E-state index is 12.4. The van der Waals surface area contributed by atoms with Gasteiger partial charge in [0.1, 0.15) is 11.5 Å². The van der Waals surface area contributed by atoms with Crippen molar-refractivity contribution in [2.45, 2.75) is 32.2 Å². The average molecular weight is 336 g/mol. The summed E-state index contributed by atoms with van der Waals surface area (Å²) in [5, 5.41) is 9.26. The van der Waals surface area contributed by atoms with Gasteiger partial charge in [-0.15, -0.1) is 0 Å². The van der Waals surface area contributed by atoms with Crippen molar-refractivity contribution in [3.63, 3.8) is 0 Å². The van der Waals surface area contributed by atoms with Crippen molar-refractivity contribution in [1.29, 1.82) is 0 Å². The Morgan fingerprint density at radius 1 is 1.28 bits per heavy atom. The molecule has 0 saturated heterocycles. The van der Waals surface area contributed by atoms with Crippen LogP contribution >= 0.6 is 0 Å². The molecule has 25 heavy (non-hydrogen) atoms. The van der Waals surface area contributed by atoms with Crippen LogP contribution in [0.4, 0.5) is 0 Å². The van der Waals surface area contributed by atoms with Crippen LogP contribution in [-0.4, -0.2) is 17.7 Å². The van der Waals surface area contributed by atoms with E-state index in [2.05, 4.69) is 34.7 Å². The first-order valence-corrected chi connectivity index (χ1v) is 8.57. The number of carbonyl (C=O) groups is 1. The highest BCUT2D eigenvalue weighted by atomic mass is 16.5. The third-order valence-corrected chi connectivity index (χ3v) is 4.52. The zero-order chi connectivity index (χ0) is 17.2. The van der Waals surface area contributed by atoms with Crippen LogP contribution < -0.4 is 10.1 Å². The fourth-order valence-corrected chi connectivity index (χ4v) is 3.37. The summed E-state index contributed by atoms with van der Waals surface area (Å²) in [6.07, 6.45) is 1.98. The molecule has 2 aromatic carbocycles. The van der Waals surface area contributed by atoms with Crippen LogP contribution in [-0.2, 0) is 11.2 Å². The van der Waals surface area contributed by atoms with Gasteiger partial charge in [-0.05, 0) is 25.2 Å². The average Bonchev–Trinajstić information content (AvgIpc) is 2.90. The number of aromatic nitrogens is 1. The molecule has 1 amide bonds. The zero-order valence-corrected chi connectivity index (χ0v) is 14.1. The summed E-state index contributed by atoms with van der Waals surface area (Å²) in [4.78, 5) is 12.4. The molecule has 0 aliphatic carbocycles. The van der Waals surface area contributed by atoms with E-state index in [0.717, 1.165) is 34.9 Å². The molecule has 5 heteroatoms. The van der Waals surface area contributed by atoms with Crippen molar-refractivity contribution in [1.82, 2.24) is 10.5 Å². The second-order valence-corrected chi connectivity index (χ2v) is 6.42. The predicted octanol–water partition coefficient (Wildman–Crippen LogP) is 3.71. The van der Waals surface area contributed by atoms with Crippen molar-refractivity contribution in [2.24, 2.45) is 0 Å². The highest BCUT2D eigenvalue weighted by molar-refractivity contribution is 5.90. The summed E-state index contributed by atoms with van der Waals surface area (Å²) in [6, 6.07) is 14.1. The van der Waals surface area contributed by atoms with Gasteiger partial charge in [0.15, 0.2) is 0 Å². The minimum atomic E-state index is -0.0562. The zero-order valence-electron chi connectivity index (χ0n) is 14.1. The molecule has 0 fully saturated rings. The van der Waals surface area contributed by atoms with E-state index in [1.54, 1.807) is 6.07 Å². The lowest BCUT2D eigenvalue weighted by Gasteiger charge is -2.19. The molecule has 3 aromatic rings. The Morgan fingerprint density at radius 3 is 3.00 bits per heavy atom. The minimum absolute atomic E-state index is 0.0531. The molecule has 1 aliphatic rings. The maximum Gasteiger partial charge on any atom is 0.226 e. The summed E-state index contributed by atoms with van der Waals surface area (Å²) in [6.45, 7) is 2.48. The predicted molar refractivity (Wildman–Crippen MR) is 94.5 cm³/mol. The van der Waals surface area contributed by atoms with Crippen LogP contribution in [0.5, 0.6) is 5.75 Å². The normalized spacial score (nSPS) is 16.8. The molecule has 5 nitrogen and oxygen atoms in total. The molecule has 0 saturated carbocycles. The molecule has 4 rings (SSSR count). The summed E-state index contributed by atoms with van der Waals surface area (Å²) in [7, 11) is 0. The first-order valence-electron chi connectivity index (χ1n) is 8.57. The summed E-state index contributed by atoms with van der Waals surface area (Å²) in [5.41, 5.74) is 1.69. The number of carbonyl (C=O) groups excluding carboxylic acids is 1. The molecule has 2 heterocycles. The van der Waals surface area contributed by atoms with Gasteiger partial charge in [0.2, 0.25) is 5.91 Å². The van der Waals surface area contributed by atoms with Crippen molar-refractivity contribution in [3.8, 4) is 5.75 Å². The second kappa shape index (κ2) is 6.59. The Labute approximate surface area is 146 Å². The van der Waals surface area contributed by atoms with E-state index >= 15 is 0 Å². The molecule has 1 atom stereocenters. The number of ether oxygens (including phenoxy) is 1. The fraction of sp³-hybridized carbons (Fsp3) is 0.300. The lowest BCUT2D eigenvalue weighted by atomic mass is 9.98. The number of aryl methyl sites for hydroxylation is 1. The number of hydrogen-bond donors (Lipinski definition) is 1. The van der Waals surface area contributed by atoms with Gasteiger partial charge in [0.25, 0.3) is 0 Å². The van der Waals surface area contributed by atoms with E-state index in [9.17, 15) is 4.79 Å². The molecule has 128 valence electrons. The van der Waals surface area contributed by atoms with Crippen LogP contribution in [0.25, 0.3) is 10.8 Å². The minimum Gasteiger partial charge on any atom is -0.493 e. The molecular formula is C20H20N2O3. The van der Waals surface area contributed by atoms with Crippen molar-refractivity contribution in [2.75, 3.05) is 6.61 Å². The van der Waals surface area contributed by atoms with E-state index in [4.69, 9.17) is 9.26 Å². The number of benzene rings is 2. The molecule has 1 aromatic heterocycles. The molecular weight excluding hydrogens is 316 g/mol. The number of nitrogens with zero attached hydrogens (tertiary/aromatic N) is 1. The molecule has 0 unspecified atom stereocenters. The fourth-order valence-electron chi connectivity index (χ4n) is 3.37. The monoisotopic (exact) mass is 336 g/mol.